The van der Waals surface area contributed by atoms with E-state index < -0.39 is 0 Å². The number of carbonyl (C=O) groups is 1. The molecule has 8 nitrogen and oxygen atoms in total. The summed E-state index contributed by atoms with van der Waals surface area (Å²) in [7, 11) is 4.08. The quantitative estimate of drug-likeness (QED) is 0.755. The number of H-pyrrole nitrogens is 1. The highest BCUT2D eigenvalue weighted by Crippen LogP contribution is 2.29. The molecule has 1 saturated heterocycles. The van der Waals surface area contributed by atoms with Gasteiger partial charge in [-0.25, -0.2) is 0 Å². The monoisotopic (exact) mass is 398 g/mol. The van der Waals surface area contributed by atoms with E-state index in [0.29, 0.717) is 31.9 Å². The van der Waals surface area contributed by atoms with Gasteiger partial charge in [-0.05, 0) is 26.2 Å². The second-order valence-electron chi connectivity index (χ2n) is 7.85. The summed E-state index contributed by atoms with van der Waals surface area (Å²) in [5.41, 5.74) is 3.80. The molecule has 0 saturated carbocycles. The van der Waals surface area contributed by atoms with Crippen LogP contribution in [0.4, 0.5) is 5.69 Å². The Morgan fingerprint density at radius 1 is 1.21 bits per heavy atom. The summed E-state index contributed by atoms with van der Waals surface area (Å²) in [6, 6.07) is 8.15. The van der Waals surface area contributed by atoms with Crippen LogP contribution >= 0.6 is 0 Å². The first-order valence-electron chi connectivity index (χ1n) is 10.3. The number of aromatic amines is 1. The van der Waals surface area contributed by atoms with Gasteiger partial charge in [0.05, 0.1) is 5.69 Å². The standard InChI is InChI=1S/C21H30N6O2/c1-25(2)13-14-29-19-6-4-3-5-18(19)26-9-11-27(12-10-26)21(28)20-16-15-22-8-7-17(16)23-24-20/h3-6,22H,7-15H2,1-2H3,(H,23,24). The first-order valence-corrected chi connectivity index (χ1v) is 10.3. The third-order valence-corrected chi connectivity index (χ3v) is 5.58. The zero-order valence-corrected chi connectivity index (χ0v) is 17.3. The number of hydrogen-bond donors (Lipinski definition) is 2. The van der Waals surface area contributed by atoms with Gasteiger partial charge >= 0.3 is 0 Å². The average molecular weight is 399 g/mol. The molecule has 0 aliphatic carbocycles. The fourth-order valence-corrected chi connectivity index (χ4v) is 3.88. The van der Waals surface area contributed by atoms with Crippen molar-refractivity contribution in [2.75, 3.05) is 64.9 Å². The second-order valence-corrected chi connectivity index (χ2v) is 7.85. The Kier molecular flexibility index (Phi) is 6.01. The zero-order valence-electron chi connectivity index (χ0n) is 17.3. The molecule has 0 spiro atoms. The number of carbonyl (C=O) groups excluding carboxylic acids is 1. The van der Waals surface area contributed by atoms with Crippen LogP contribution in [0.25, 0.3) is 0 Å². The summed E-state index contributed by atoms with van der Waals surface area (Å²) in [5, 5.41) is 10.7. The molecule has 2 aliphatic heterocycles. The highest BCUT2D eigenvalue weighted by atomic mass is 16.5. The minimum Gasteiger partial charge on any atom is -0.490 e. The molecular formula is C21H30N6O2. The Balaban J connectivity index is 1.39. The van der Waals surface area contributed by atoms with Crippen LogP contribution in [0.3, 0.4) is 0 Å². The Bertz CT molecular complexity index is 841. The molecule has 1 amide bonds. The van der Waals surface area contributed by atoms with Crippen molar-refractivity contribution in [2.24, 2.45) is 0 Å². The van der Waals surface area contributed by atoms with Crippen LogP contribution in [0.1, 0.15) is 21.7 Å². The number of nitrogens with zero attached hydrogens (tertiary/aromatic N) is 4. The summed E-state index contributed by atoms with van der Waals surface area (Å²) in [4.78, 5) is 19.3. The van der Waals surface area contributed by atoms with E-state index in [1.54, 1.807) is 0 Å². The molecule has 0 radical (unpaired) electrons. The molecular weight excluding hydrogens is 368 g/mol. The molecule has 3 heterocycles. The highest BCUT2D eigenvalue weighted by Gasteiger charge is 2.28. The average Bonchev–Trinajstić information content (AvgIpc) is 3.18. The SMILES string of the molecule is CN(C)CCOc1ccccc1N1CCN(C(=O)c2n[nH]c3c2CNCC3)CC1. The van der Waals surface area contributed by atoms with Gasteiger partial charge in [-0.2, -0.15) is 5.10 Å². The van der Waals surface area contributed by atoms with E-state index in [-0.39, 0.29) is 5.91 Å². The van der Waals surface area contributed by atoms with Gasteiger partial charge in [0.2, 0.25) is 0 Å². The van der Waals surface area contributed by atoms with E-state index in [0.717, 1.165) is 55.3 Å². The summed E-state index contributed by atoms with van der Waals surface area (Å²) in [6.07, 6.45) is 0.897. The lowest BCUT2D eigenvalue weighted by Gasteiger charge is -2.36. The second kappa shape index (κ2) is 8.84. The molecule has 2 N–H and O–H groups in total. The van der Waals surface area contributed by atoms with E-state index in [9.17, 15) is 4.79 Å². The van der Waals surface area contributed by atoms with Crippen molar-refractivity contribution in [3.63, 3.8) is 0 Å². The first kappa shape index (κ1) is 19.7. The van der Waals surface area contributed by atoms with Crippen molar-refractivity contribution in [3.8, 4) is 5.75 Å². The molecule has 1 fully saturated rings. The largest absolute Gasteiger partial charge is 0.490 e. The molecule has 2 aliphatic rings. The zero-order chi connectivity index (χ0) is 20.2. The molecule has 8 heteroatoms. The number of hydrogen-bond acceptors (Lipinski definition) is 6. The van der Waals surface area contributed by atoms with Crippen LogP contribution in [0.2, 0.25) is 0 Å². The number of anilines is 1. The summed E-state index contributed by atoms with van der Waals surface area (Å²) in [5.74, 6) is 0.933. The van der Waals surface area contributed by atoms with Gasteiger partial charge in [0.25, 0.3) is 5.91 Å². The lowest BCUT2D eigenvalue weighted by Crippen LogP contribution is -2.49. The number of piperazine rings is 1. The minimum absolute atomic E-state index is 0.0290. The Morgan fingerprint density at radius 3 is 2.79 bits per heavy atom. The number of para-hydroxylation sites is 2. The Labute approximate surface area is 171 Å². The Morgan fingerprint density at radius 2 is 2.00 bits per heavy atom. The third-order valence-electron chi connectivity index (χ3n) is 5.58. The molecule has 4 rings (SSSR count). The van der Waals surface area contributed by atoms with Gasteiger partial charge in [0.15, 0.2) is 5.69 Å². The molecule has 29 heavy (non-hydrogen) atoms. The summed E-state index contributed by atoms with van der Waals surface area (Å²) in [6.45, 7) is 6.09. The van der Waals surface area contributed by atoms with Crippen molar-refractivity contribution in [1.29, 1.82) is 0 Å². The predicted molar refractivity (Wildman–Crippen MR) is 113 cm³/mol. The van der Waals surface area contributed by atoms with E-state index in [2.05, 4.69) is 31.4 Å². The van der Waals surface area contributed by atoms with Gasteiger partial charge < -0.3 is 24.8 Å². The Hall–Kier alpha value is -2.58. The van der Waals surface area contributed by atoms with Gasteiger partial charge in [-0.1, -0.05) is 12.1 Å². The normalized spacial score (nSPS) is 16.8. The van der Waals surface area contributed by atoms with E-state index >= 15 is 0 Å². The van der Waals surface area contributed by atoms with E-state index in [1.165, 1.54) is 0 Å². The number of aromatic nitrogens is 2. The number of amides is 1. The maximum atomic E-state index is 13.0. The molecule has 156 valence electrons. The summed E-state index contributed by atoms with van der Waals surface area (Å²) >= 11 is 0. The molecule has 1 aromatic carbocycles. The maximum Gasteiger partial charge on any atom is 0.274 e. The van der Waals surface area contributed by atoms with Crippen molar-refractivity contribution in [1.82, 2.24) is 25.3 Å². The summed E-state index contributed by atoms with van der Waals surface area (Å²) < 4.78 is 6.01. The van der Waals surface area contributed by atoms with Crippen LogP contribution < -0.4 is 15.0 Å². The maximum absolute atomic E-state index is 13.0. The van der Waals surface area contributed by atoms with Crippen molar-refractivity contribution >= 4 is 11.6 Å². The topological polar surface area (TPSA) is 76.7 Å². The number of rotatable bonds is 6. The van der Waals surface area contributed by atoms with Gasteiger partial charge in [-0.3, -0.25) is 9.89 Å². The number of fused-ring (bicyclic) bond motifs is 1. The van der Waals surface area contributed by atoms with Crippen LogP contribution in [0.15, 0.2) is 24.3 Å². The number of likely N-dealkylation sites (N-methyl/N-ethyl adjacent to an activating group) is 1. The molecule has 2 aromatic rings. The van der Waals surface area contributed by atoms with E-state index in [1.807, 2.05) is 37.2 Å². The fraction of sp³-hybridized carbons (Fsp3) is 0.524. The van der Waals surface area contributed by atoms with Gasteiger partial charge in [0.1, 0.15) is 12.4 Å². The minimum atomic E-state index is 0.0290. The van der Waals surface area contributed by atoms with Crippen LogP contribution in [0, 0.1) is 0 Å². The van der Waals surface area contributed by atoms with E-state index in [4.69, 9.17) is 4.74 Å². The molecule has 0 atom stereocenters. The van der Waals surface area contributed by atoms with Crippen LogP contribution in [0.5, 0.6) is 5.75 Å². The predicted octanol–water partition coefficient (Wildman–Crippen LogP) is 0.958. The molecule has 0 unspecified atom stereocenters. The van der Waals surface area contributed by atoms with Crippen LogP contribution in [-0.4, -0.2) is 85.9 Å². The molecule has 1 aromatic heterocycles. The molecule has 0 bridgehead atoms. The van der Waals surface area contributed by atoms with Gasteiger partial charge in [0, 0.05) is 63.5 Å². The smallest absolute Gasteiger partial charge is 0.274 e. The third kappa shape index (κ3) is 4.38. The lowest BCUT2D eigenvalue weighted by molar-refractivity contribution is 0.0739. The highest BCUT2D eigenvalue weighted by molar-refractivity contribution is 5.94. The van der Waals surface area contributed by atoms with Crippen molar-refractivity contribution in [3.05, 3.63) is 41.2 Å². The number of ether oxygens (including phenoxy) is 1. The van der Waals surface area contributed by atoms with Crippen molar-refractivity contribution in [2.45, 2.75) is 13.0 Å². The van der Waals surface area contributed by atoms with Gasteiger partial charge in [-0.15, -0.1) is 0 Å². The number of nitrogens with one attached hydrogen (secondary N) is 2. The van der Waals surface area contributed by atoms with Crippen molar-refractivity contribution < 1.29 is 9.53 Å². The first-order chi connectivity index (χ1) is 14.1. The fourth-order valence-electron chi connectivity index (χ4n) is 3.88. The van der Waals surface area contributed by atoms with Crippen LogP contribution in [-0.2, 0) is 13.0 Å². The number of benzene rings is 1. The lowest BCUT2D eigenvalue weighted by atomic mass is 10.1.